The minimum Gasteiger partial charge on any atom is -0.493 e. The Morgan fingerprint density at radius 2 is 2.00 bits per heavy atom. The number of methoxy groups -OCH3 is 2. The van der Waals surface area contributed by atoms with Crippen molar-refractivity contribution in [3.05, 3.63) is 17.7 Å². The van der Waals surface area contributed by atoms with E-state index in [1.807, 2.05) is 12.3 Å². The summed E-state index contributed by atoms with van der Waals surface area (Å²) in [5.41, 5.74) is 6.72. The van der Waals surface area contributed by atoms with Gasteiger partial charge in [0.15, 0.2) is 11.5 Å². The van der Waals surface area contributed by atoms with Gasteiger partial charge in [0.2, 0.25) is 0 Å². The van der Waals surface area contributed by atoms with Crippen LogP contribution in [0.1, 0.15) is 5.56 Å². The Labute approximate surface area is 94.9 Å². The molecule has 2 N–H and O–H groups in total. The van der Waals surface area contributed by atoms with Gasteiger partial charge in [-0.2, -0.15) is 0 Å². The van der Waals surface area contributed by atoms with Gasteiger partial charge in [0.1, 0.15) is 0 Å². The van der Waals surface area contributed by atoms with Crippen molar-refractivity contribution in [1.29, 1.82) is 0 Å². The predicted octanol–water partition coefficient (Wildman–Crippen LogP) is 1.93. The van der Waals surface area contributed by atoms with Crippen molar-refractivity contribution in [2.45, 2.75) is 11.3 Å². The van der Waals surface area contributed by atoms with Gasteiger partial charge in [0.05, 0.1) is 19.1 Å². The van der Waals surface area contributed by atoms with Crippen LogP contribution in [-0.4, -0.2) is 27.0 Å². The van der Waals surface area contributed by atoms with Gasteiger partial charge >= 0.3 is 0 Å². The fourth-order valence-corrected chi connectivity index (χ4v) is 2.08. The van der Waals surface area contributed by atoms with Gasteiger partial charge in [0, 0.05) is 0 Å². The number of nitrogens with two attached hydrogens (primary N) is 1. The van der Waals surface area contributed by atoms with Gasteiger partial charge in [-0.3, -0.25) is 0 Å². The Morgan fingerprint density at radius 1 is 1.27 bits per heavy atom. The predicted molar refractivity (Wildman–Crippen MR) is 64.1 cm³/mol. The fourth-order valence-electron chi connectivity index (χ4n) is 1.45. The molecule has 15 heavy (non-hydrogen) atoms. The van der Waals surface area contributed by atoms with Crippen molar-refractivity contribution >= 4 is 11.8 Å². The van der Waals surface area contributed by atoms with E-state index in [0.717, 1.165) is 22.8 Å². The molecule has 1 aromatic carbocycles. The SMILES string of the molecule is COc1cc(CCN)cc(SC)c1OC. The maximum Gasteiger partial charge on any atom is 0.174 e. The minimum atomic E-state index is 0.642. The standard InChI is InChI=1S/C11H17NO2S/c1-13-9-6-8(4-5-12)7-10(15-3)11(9)14-2/h6-7H,4-5,12H2,1-3H3. The van der Waals surface area contributed by atoms with Crippen LogP contribution in [0.2, 0.25) is 0 Å². The molecule has 0 amide bonds. The largest absolute Gasteiger partial charge is 0.493 e. The lowest BCUT2D eigenvalue weighted by atomic mass is 10.1. The van der Waals surface area contributed by atoms with Crippen LogP contribution in [-0.2, 0) is 6.42 Å². The number of benzene rings is 1. The van der Waals surface area contributed by atoms with E-state index in [4.69, 9.17) is 15.2 Å². The molecule has 0 aliphatic carbocycles. The zero-order chi connectivity index (χ0) is 11.3. The van der Waals surface area contributed by atoms with Crippen LogP contribution >= 0.6 is 11.8 Å². The van der Waals surface area contributed by atoms with Crippen molar-refractivity contribution in [1.82, 2.24) is 0 Å². The van der Waals surface area contributed by atoms with Crippen molar-refractivity contribution in [3.8, 4) is 11.5 Å². The maximum atomic E-state index is 5.54. The summed E-state index contributed by atoms with van der Waals surface area (Å²) in [5.74, 6) is 1.57. The molecule has 0 saturated heterocycles. The number of thioether (sulfide) groups is 1. The number of hydrogen-bond acceptors (Lipinski definition) is 4. The summed E-state index contributed by atoms with van der Waals surface area (Å²) in [6.45, 7) is 0.642. The highest BCUT2D eigenvalue weighted by Gasteiger charge is 2.11. The lowest BCUT2D eigenvalue weighted by Gasteiger charge is -2.13. The van der Waals surface area contributed by atoms with E-state index < -0.39 is 0 Å². The normalized spacial score (nSPS) is 10.1. The average molecular weight is 227 g/mol. The molecule has 0 aliphatic heterocycles. The highest BCUT2D eigenvalue weighted by molar-refractivity contribution is 7.98. The Bertz CT molecular complexity index is 303. The van der Waals surface area contributed by atoms with Crippen LogP contribution in [0.25, 0.3) is 0 Å². The Balaban J connectivity index is 3.16. The molecule has 0 bridgehead atoms. The van der Waals surface area contributed by atoms with Crippen LogP contribution in [0.3, 0.4) is 0 Å². The number of ether oxygens (including phenoxy) is 2. The zero-order valence-electron chi connectivity index (χ0n) is 9.37. The second-order valence-corrected chi connectivity index (χ2v) is 3.92. The van der Waals surface area contributed by atoms with Gasteiger partial charge in [-0.15, -0.1) is 11.8 Å². The Morgan fingerprint density at radius 3 is 2.47 bits per heavy atom. The van der Waals surface area contributed by atoms with E-state index in [2.05, 4.69) is 6.07 Å². The highest BCUT2D eigenvalue weighted by Crippen LogP contribution is 2.37. The van der Waals surface area contributed by atoms with Crippen molar-refractivity contribution in [2.75, 3.05) is 27.0 Å². The lowest BCUT2D eigenvalue weighted by Crippen LogP contribution is -2.03. The molecule has 3 nitrogen and oxygen atoms in total. The lowest BCUT2D eigenvalue weighted by molar-refractivity contribution is 0.347. The van der Waals surface area contributed by atoms with E-state index >= 15 is 0 Å². The Kier molecular flexibility index (Phi) is 4.78. The van der Waals surface area contributed by atoms with Crippen molar-refractivity contribution in [2.24, 2.45) is 5.73 Å². The summed E-state index contributed by atoms with van der Waals surface area (Å²) in [6.07, 6.45) is 2.87. The van der Waals surface area contributed by atoms with E-state index in [0.29, 0.717) is 6.54 Å². The van der Waals surface area contributed by atoms with Gasteiger partial charge < -0.3 is 15.2 Å². The van der Waals surface area contributed by atoms with Crippen LogP contribution < -0.4 is 15.2 Å². The maximum absolute atomic E-state index is 5.54. The molecule has 1 rings (SSSR count). The number of hydrogen-bond donors (Lipinski definition) is 1. The van der Waals surface area contributed by atoms with Crippen molar-refractivity contribution in [3.63, 3.8) is 0 Å². The summed E-state index contributed by atoms with van der Waals surface area (Å²) in [4.78, 5) is 1.08. The van der Waals surface area contributed by atoms with E-state index in [-0.39, 0.29) is 0 Å². The van der Waals surface area contributed by atoms with Gasteiger partial charge in [-0.25, -0.2) is 0 Å². The molecule has 84 valence electrons. The summed E-state index contributed by atoms with van der Waals surface area (Å²) in [7, 11) is 3.30. The van der Waals surface area contributed by atoms with E-state index in [1.54, 1.807) is 26.0 Å². The molecule has 0 aromatic heterocycles. The monoisotopic (exact) mass is 227 g/mol. The molecule has 0 saturated carbocycles. The summed E-state index contributed by atoms with van der Waals surface area (Å²) < 4.78 is 10.6. The molecule has 4 heteroatoms. The Hall–Kier alpha value is -0.870. The first-order chi connectivity index (χ1) is 7.26. The number of rotatable bonds is 5. The quantitative estimate of drug-likeness (QED) is 0.781. The molecule has 1 aromatic rings. The molecule has 0 heterocycles. The molecule has 0 spiro atoms. The van der Waals surface area contributed by atoms with E-state index in [1.165, 1.54) is 5.56 Å². The topological polar surface area (TPSA) is 44.5 Å². The second kappa shape index (κ2) is 5.88. The third kappa shape index (κ3) is 2.79. The molecular weight excluding hydrogens is 210 g/mol. The third-order valence-corrected chi connectivity index (χ3v) is 2.90. The van der Waals surface area contributed by atoms with E-state index in [9.17, 15) is 0 Å². The van der Waals surface area contributed by atoms with Gasteiger partial charge in [-0.05, 0) is 36.9 Å². The first-order valence-electron chi connectivity index (χ1n) is 4.75. The van der Waals surface area contributed by atoms with Crippen LogP contribution in [0.5, 0.6) is 11.5 Å². The van der Waals surface area contributed by atoms with Gasteiger partial charge in [-0.1, -0.05) is 0 Å². The van der Waals surface area contributed by atoms with Crippen LogP contribution in [0.4, 0.5) is 0 Å². The first-order valence-corrected chi connectivity index (χ1v) is 5.98. The summed E-state index contributed by atoms with van der Waals surface area (Å²) >= 11 is 1.64. The average Bonchev–Trinajstić information content (AvgIpc) is 2.28. The molecule has 0 aliphatic rings. The zero-order valence-corrected chi connectivity index (χ0v) is 10.2. The summed E-state index contributed by atoms with van der Waals surface area (Å²) in [6, 6.07) is 4.07. The molecular formula is C11H17NO2S. The van der Waals surface area contributed by atoms with Crippen molar-refractivity contribution < 1.29 is 9.47 Å². The fraction of sp³-hybridized carbons (Fsp3) is 0.455. The smallest absolute Gasteiger partial charge is 0.174 e. The summed E-state index contributed by atoms with van der Waals surface area (Å²) in [5, 5.41) is 0. The van der Waals surface area contributed by atoms with Crippen LogP contribution in [0, 0.1) is 0 Å². The van der Waals surface area contributed by atoms with Gasteiger partial charge in [0.25, 0.3) is 0 Å². The molecule has 0 unspecified atom stereocenters. The third-order valence-electron chi connectivity index (χ3n) is 2.16. The second-order valence-electron chi connectivity index (χ2n) is 3.07. The molecule has 0 radical (unpaired) electrons. The highest BCUT2D eigenvalue weighted by atomic mass is 32.2. The van der Waals surface area contributed by atoms with Crippen LogP contribution in [0.15, 0.2) is 17.0 Å². The minimum absolute atomic E-state index is 0.642. The first kappa shape index (κ1) is 12.2. The molecule has 0 atom stereocenters. The molecule has 0 fully saturated rings.